The molecular formula is C23H23ClF2N2O. The van der Waals surface area contributed by atoms with Gasteiger partial charge in [0, 0.05) is 28.9 Å². The Labute approximate surface area is 174 Å². The van der Waals surface area contributed by atoms with Gasteiger partial charge in [-0.3, -0.25) is 4.79 Å². The summed E-state index contributed by atoms with van der Waals surface area (Å²) in [6.45, 7) is 6.34. The van der Waals surface area contributed by atoms with Gasteiger partial charge in [0.05, 0.1) is 5.02 Å². The Balaban J connectivity index is 1.37. The average Bonchev–Trinajstić information content (AvgIpc) is 3.20. The van der Waals surface area contributed by atoms with Crippen molar-refractivity contribution in [2.45, 2.75) is 32.2 Å². The highest BCUT2D eigenvalue weighted by atomic mass is 35.5. The van der Waals surface area contributed by atoms with Crippen LogP contribution in [0.5, 0.6) is 0 Å². The third-order valence-electron chi connectivity index (χ3n) is 6.62. The van der Waals surface area contributed by atoms with E-state index >= 15 is 0 Å². The van der Waals surface area contributed by atoms with Crippen LogP contribution in [0.4, 0.5) is 14.5 Å². The van der Waals surface area contributed by atoms with Crippen LogP contribution in [0.25, 0.3) is 0 Å². The second-order valence-electron chi connectivity index (χ2n) is 8.32. The van der Waals surface area contributed by atoms with Crippen LogP contribution >= 0.6 is 11.6 Å². The van der Waals surface area contributed by atoms with Crippen molar-refractivity contribution in [3.8, 4) is 0 Å². The Hall–Kier alpha value is -2.40. The Morgan fingerprint density at radius 2 is 1.86 bits per heavy atom. The minimum Gasteiger partial charge on any atom is -0.359 e. The minimum atomic E-state index is -0.594. The highest BCUT2D eigenvalue weighted by molar-refractivity contribution is 6.30. The predicted molar refractivity (Wildman–Crippen MR) is 111 cm³/mol. The van der Waals surface area contributed by atoms with Crippen LogP contribution in [0, 0.1) is 28.9 Å². The minimum absolute atomic E-state index is 0.00428. The molecule has 0 aromatic heterocycles. The number of carbonyl (C=O) groups is 1. The molecule has 0 radical (unpaired) electrons. The van der Waals surface area contributed by atoms with E-state index in [1.807, 2.05) is 0 Å². The number of hydrogen-bond donors (Lipinski definition) is 2. The maximum Gasteiger partial charge on any atom is 0.251 e. The van der Waals surface area contributed by atoms with E-state index in [2.05, 4.69) is 24.1 Å². The number of rotatable bonds is 6. The molecule has 1 amide bonds. The van der Waals surface area contributed by atoms with E-state index in [4.69, 9.17) is 11.6 Å². The second-order valence-corrected chi connectivity index (χ2v) is 8.73. The molecule has 0 heterocycles. The molecule has 3 saturated carbocycles. The first-order chi connectivity index (χ1) is 13.8. The zero-order chi connectivity index (χ0) is 20.8. The van der Waals surface area contributed by atoms with Gasteiger partial charge in [-0.05, 0) is 73.1 Å². The number of fused-ring (bicyclic) bond motifs is 1. The second kappa shape index (κ2) is 7.45. The van der Waals surface area contributed by atoms with Crippen LogP contribution < -0.4 is 10.6 Å². The van der Waals surface area contributed by atoms with Crippen molar-refractivity contribution in [2.24, 2.45) is 17.3 Å². The highest BCUT2D eigenvalue weighted by Crippen LogP contribution is 2.63. The molecule has 3 aliphatic carbocycles. The van der Waals surface area contributed by atoms with Crippen molar-refractivity contribution < 1.29 is 13.6 Å². The first-order valence-corrected chi connectivity index (χ1v) is 10.1. The molecule has 6 heteroatoms. The van der Waals surface area contributed by atoms with E-state index in [1.165, 1.54) is 30.3 Å². The number of carbonyl (C=O) groups excluding carboxylic acids is 1. The summed E-state index contributed by atoms with van der Waals surface area (Å²) < 4.78 is 26.7. The maximum absolute atomic E-state index is 13.6. The fourth-order valence-corrected chi connectivity index (χ4v) is 4.94. The molecule has 0 saturated heterocycles. The summed E-state index contributed by atoms with van der Waals surface area (Å²) in [5.74, 6) is -0.507. The van der Waals surface area contributed by atoms with Gasteiger partial charge < -0.3 is 10.6 Å². The first kappa shape index (κ1) is 19.9. The maximum atomic E-state index is 13.6. The third-order valence-corrected chi connectivity index (χ3v) is 6.93. The number of benzene rings is 2. The van der Waals surface area contributed by atoms with Gasteiger partial charge in [0.25, 0.3) is 5.91 Å². The summed E-state index contributed by atoms with van der Waals surface area (Å²) in [5.41, 5.74) is 2.07. The molecule has 3 aliphatic rings. The fraction of sp³-hybridized carbons (Fsp3) is 0.348. The normalized spacial score (nSPS) is 25.8. The summed E-state index contributed by atoms with van der Waals surface area (Å²) in [5, 5.41) is 6.36. The molecule has 29 heavy (non-hydrogen) atoms. The highest BCUT2D eigenvalue weighted by Gasteiger charge is 2.59. The van der Waals surface area contributed by atoms with Crippen LogP contribution in [-0.2, 0) is 0 Å². The molecule has 3 fully saturated rings. The van der Waals surface area contributed by atoms with Gasteiger partial charge >= 0.3 is 0 Å². The molecule has 152 valence electrons. The molecule has 0 unspecified atom stereocenters. The zero-order valence-corrected chi connectivity index (χ0v) is 16.9. The van der Waals surface area contributed by atoms with Crippen LogP contribution in [0.1, 0.15) is 36.5 Å². The molecule has 2 bridgehead atoms. The topological polar surface area (TPSA) is 41.1 Å². The van der Waals surface area contributed by atoms with Gasteiger partial charge in [-0.2, -0.15) is 0 Å². The molecule has 5 rings (SSSR count). The Kier molecular flexibility index (Phi) is 5.11. The van der Waals surface area contributed by atoms with Gasteiger partial charge in [0.1, 0.15) is 11.6 Å². The quantitative estimate of drug-likeness (QED) is 0.626. The molecule has 2 aromatic carbocycles. The SMILES string of the molecule is C=C(Nc1ccc(F)cc1)[C@@H](C)C12CC(C1)[C@@H](NC(=O)c1ccc(Cl)c(F)c1)C2. The van der Waals surface area contributed by atoms with Crippen molar-refractivity contribution in [1.29, 1.82) is 0 Å². The van der Waals surface area contributed by atoms with Crippen molar-refractivity contribution >= 4 is 23.2 Å². The Bertz CT molecular complexity index is 954. The van der Waals surface area contributed by atoms with Gasteiger partial charge in [0.15, 0.2) is 0 Å². The van der Waals surface area contributed by atoms with Crippen LogP contribution in [0.3, 0.4) is 0 Å². The summed E-state index contributed by atoms with van der Waals surface area (Å²) >= 11 is 5.69. The molecule has 3 nitrogen and oxygen atoms in total. The summed E-state index contributed by atoms with van der Waals surface area (Å²) in [7, 11) is 0. The largest absolute Gasteiger partial charge is 0.359 e. The lowest BCUT2D eigenvalue weighted by Crippen LogP contribution is -2.39. The monoisotopic (exact) mass is 416 g/mol. The first-order valence-electron chi connectivity index (χ1n) is 9.75. The molecule has 2 N–H and O–H groups in total. The van der Waals surface area contributed by atoms with Crippen LogP contribution in [-0.4, -0.2) is 11.9 Å². The number of nitrogens with one attached hydrogen (secondary N) is 2. The Morgan fingerprint density at radius 1 is 1.17 bits per heavy atom. The molecule has 0 aliphatic heterocycles. The van der Waals surface area contributed by atoms with Crippen molar-refractivity contribution in [3.05, 3.63) is 77.0 Å². The molecular weight excluding hydrogens is 394 g/mol. The number of amides is 1. The van der Waals surface area contributed by atoms with Gasteiger partial charge in [0.2, 0.25) is 0 Å². The predicted octanol–water partition coefficient (Wildman–Crippen LogP) is 5.78. The Morgan fingerprint density at radius 3 is 2.52 bits per heavy atom. The van der Waals surface area contributed by atoms with Crippen LogP contribution in [0.2, 0.25) is 5.02 Å². The molecule has 2 aromatic rings. The molecule has 2 atom stereocenters. The standard InChI is InChI=1S/C23H23ClF2N2O/c1-13(14(2)27-18-6-4-17(25)5-7-18)23-10-16(11-23)21(12-23)28-22(29)15-3-8-19(24)20(26)9-15/h3-9,13,16,21,27H,2,10-12H2,1H3,(H,28,29)/t13-,16?,21+,23?/m1/s1. The fourth-order valence-electron chi connectivity index (χ4n) is 4.83. The number of anilines is 1. The van der Waals surface area contributed by atoms with E-state index < -0.39 is 5.82 Å². The molecule has 0 spiro atoms. The lowest BCUT2D eigenvalue weighted by Gasteiger charge is -2.44. The smallest absolute Gasteiger partial charge is 0.251 e. The third kappa shape index (κ3) is 3.76. The van der Waals surface area contributed by atoms with Gasteiger partial charge in [-0.1, -0.05) is 25.1 Å². The van der Waals surface area contributed by atoms with Crippen LogP contribution in [0.15, 0.2) is 54.7 Å². The van der Waals surface area contributed by atoms with Crippen molar-refractivity contribution in [2.75, 3.05) is 5.32 Å². The van der Waals surface area contributed by atoms with E-state index in [0.29, 0.717) is 5.92 Å². The lowest BCUT2D eigenvalue weighted by molar-refractivity contribution is 0.0857. The van der Waals surface area contributed by atoms with Crippen molar-refractivity contribution in [1.82, 2.24) is 5.32 Å². The average molecular weight is 417 g/mol. The zero-order valence-electron chi connectivity index (χ0n) is 16.1. The van der Waals surface area contributed by atoms with E-state index in [-0.39, 0.29) is 39.7 Å². The van der Waals surface area contributed by atoms with Gasteiger partial charge in [-0.25, -0.2) is 8.78 Å². The lowest BCUT2D eigenvalue weighted by atomic mass is 9.62. The summed E-state index contributed by atoms with van der Waals surface area (Å²) in [6, 6.07) is 10.4. The summed E-state index contributed by atoms with van der Waals surface area (Å²) in [4.78, 5) is 12.5. The van der Waals surface area contributed by atoms with Gasteiger partial charge in [-0.15, -0.1) is 0 Å². The van der Waals surface area contributed by atoms with E-state index in [1.54, 1.807) is 12.1 Å². The number of halogens is 3. The number of allylic oxidation sites excluding steroid dienone is 1. The number of hydrogen-bond acceptors (Lipinski definition) is 2. The van der Waals surface area contributed by atoms with E-state index in [0.717, 1.165) is 30.6 Å². The van der Waals surface area contributed by atoms with Crippen molar-refractivity contribution in [3.63, 3.8) is 0 Å². The summed E-state index contributed by atoms with van der Waals surface area (Å²) in [6.07, 6.45) is 2.92. The van der Waals surface area contributed by atoms with E-state index in [9.17, 15) is 13.6 Å².